The summed E-state index contributed by atoms with van der Waals surface area (Å²) in [6, 6.07) is 7.61. The fraction of sp³-hybridized carbons (Fsp3) is 0.650. The maximum atomic E-state index is 10.4. The van der Waals surface area contributed by atoms with Gasteiger partial charge in [-0.15, -0.1) is 4.99 Å². The highest BCUT2D eigenvalue weighted by molar-refractivity contribution is 5.60. The largest absolute Gasteiger partial charge is 0.551 e. The summed E-state index contributed by atoms with van der Waals surface area (Å²) in [5.74, 6) is 1.17. The molecule has 140 valence electrons. The molecule has 1 aliphatic carbocycles. The lowest BCUT2D eigenvalue weighted by molar-refractivity contribution is -0.385. The minimum Gasteiger partial charge on any atom is -0.487 e. The summed E-state index contributed by atoms with van der Waals surface area (Å²) in [5, 5.41) is 10.4. The van der Waals surface area contributed by atoms with Crippen molar-refractivity contribution in [1.29, 1.82) is 0 Å². The predicted molar refractivity (Wildman–Crippen MR) is 100 cm³/mol. The second-order valence-electron chi connectivity index (χ2n) is 7.09. The smallest absolute Gasteiger partial charge is 0.487 e. The van der Waals surface area contributed by atoms with E-state index < -0.39 is 0 Å². The van der Waals surface area contributed by atoms with Gasteiger partial charge in [0.1, 0.15) is 6.10 Å². The topological polar surface area (TPSA) is 55.9 Å². The molecule has 25 heavy (non-hydrogen) atoms. The summed E-state index contributed by atoms with van der Waals surface area (Å²) >= 11 is 0. The molecule has 5 heteroatoms. The van der Waals surface area contributed by atoms with E-state index in [0.717, 1.165) is 43.7 Å². The molecule has 2 rings (SSSR count). The van der Waals surface area contributed by atoms with Gasteiger partial charge in [-0.2, -0.15) is 0 Å². The average Bonchev–Trinajstić information content (AvgIpc) is 2.79. The van der Waals surface area contributed by atoms with E-state index in [4.69, 9.17) is 9.47 Å². The van der Waals surface area contributed by atoms with Crippen LogP contribution < -0.4 is 9.73 Å². The Morgan fingerprint density at radius 2 is 1.96 bits per heavy atom. The Morgan fingerprint density at radius 3 is 2.72 bits per heavy atom. The Kier molecular flexibility index (Phi) is 8.06. The lowest BCUT2D eigenvalue weighted by Gasteiger charge is -2.26. The van der Waals surface area contributed by atoms with Crippen molar-refractivity contribution in [3.63, 3.8) is 0 Å². The van der Waals surface area contributed by atoms with Crippen LogP contribution in [0, 0.1) is 5.92 Å². The molecule has 0 amide bonds. The Labute approximate surface area is 151 Å². The molecule has 0 spiro atoms. The van der Waals surface area contributed by atoms with Crippen LogP contribution in [0.15, 0.2) is 24.3 Å². The molecular weight excluding hydrogens is 316 g/mol. The molecule has 0 aromatic heterocycles. The maximum Gasteiger partial charge on any atom is 0.551 e. The molecular formula is C20H33N2O3+. The van der Waals surface area contributed by atoms with E-state index >= 15 is 0 Å². The second-order valence-corrected chi connectivity index (χ2v) is 7.09. The van der Waals surface area contributed by atoms with Gasteiger partial charge in [0, 0.05) is 18.5 Å². The van der Waals surface area contributed by atoms with E-state index in [0.29, 0.717) is 12.5 Å². The van der Waals surface area contributed by atoms with Crippen molar-refractivity contribution >= 4 is 11.8 Å². The zero-order valence-corrected chi connectivity index (χ0v) is 15.8. The van der Waals surface area contributed by atoms with Gasteiger partial charge in [-0.3, -0.25) is 0 Å². The third kappa shape index (κ3) is 6.58. The number of aliphatic hydroxyl groups excluding tert-OH is 1. The molecule has 0 unspecified atom stereocenters. The van der Waals surface area contributed by atoms with Gasteiger partial charge in [-0.1, -0.05) is 31.9 Å². The third-order valence-electron chi connectivity index (χ3n) is 4.54. The van der Waals surface area contributed by atoms with E-state index in [1.54, 1.807) is 0 Å². The van der Waals surface area contributed by atoms with Crippen molar-refractivity contribution in [2.24, 2.45) is 5.92 Å². The lowest BCUT2D eigenvalue weighted by atomic mass is 9.97. The van der Waals surface area contributed by atoms with E-state index in [2.05, 4.69) is 30.9 Å². The van der Waals surface area contributed by atoms with Crippen molar-refractivity contribution in [2.75, 3.05) is 27.2 Å². The van der Waals surface area contributed by atoms with Gasteiger partial charge in [0.25, 0.3) is 5.69 Å². The monoisotopic (exact) mass is 349 g/mol. The average molecular weight is 349 g/mol. The summed E-state index contributed by atoms with van der Waals surface area (Å²) in [6.07, 6.45) is 6.60. The minimum absolute atomic E-state index is 0.0427. The fourth-order valence-corrected chi connectivity index (χ4v) is 3.38. The van der Waals surface area contributed by atoms with Crippen molar-refractivity contribution in [3.05, 3.63) is 24.3 Å². The number of nitrogens with one attached hydrogen (secondary N) is 1. The number of ether oxygens (including phenoxy) is 2. The van der Waals surface area contributed by atoms with Gasteiger partial charge >= 0.3 is 6.08 Å². The van der Waals surface area contributed by atoms with Crippen molar-refractivity contribution in [2.45, 2.75) is 51.6 Å². The molecule has 0 heterocycles. The van der Waals surface area contributed by atoms with Crippen LogP contribution in [0.1, 0.15) is 45.4 Å². The van der Waals surface area contributed by atoms with E-state index in [-0.39, 0.29) is 12.2 Å². The van der Waals surface area contributed by atoms with Gasteiger partial charge in [0.15, 0.2) is 5.75 Å². The van der Waals surface area contributed by atoms with Gasteiger partial charge in [-0.25, -0.2) is 0 Å². The first-order valence-electron chi connectivity index (χ1n) is 9.46. The van der Waals surface area contributed by atoms with Crippen molar-refractivity contribution < 1.29 is 19.6 Å². The van der Waals surface area contributed by atoms with Crippen molar-refractivity contribution in [1.82, 2.24) is 4.90 Å². The highest BCUT2D eigenvalue weighted by Gasteiger charge is 2.28. The van der Waals surface area contributed by atoms with E-state index in [1.165, 1.54) is 12.8 Å². The second kappa shape index (κ2) is 10.3. The first-order valence-corrected chi connectivity index (χ1v) is 9.46. The van der Waals surface area contributed by atoms with Crippen LogP contribution in [0.5, 0.6) is 5.75 Å². The van der Waals surface area contributed by atoms with Gasteiger partial charge in [-0.05, 0) is 45.8 Å². The van der Waals surface area contributed by atoms with Crippen LogP contribution in [-0.2, 0) is 4.74 Å². The fourth-order valence-electron chi connectivity index (χ4n) is 3.38. The van der Waals surface area contributed by atoms with Crippen LogP contribution in [0.3, 0.4) is 0 Å². The van der Waals surface area contributed by atoms with Crippen LogP contribution in [0.25, 0.3) is 0 Å². The number of benzene rings is 1. The Hall–Kier alpha value is -1.75. The highest BCUT2D eigenvalue weighted by Crippen LogP contribution is 2.26. The van der Waals surface area contributed by atoms with E-state index in [1.807, 2.05) is 24.3 Å². The summed E-state index contributed by atoms with van der Waals surface area (Å²) in [7, 11) is 4.18. The molecule has 1 aromatic rings. The molecule has 1 saturated carbocycles. The molecule has 1 aromatic carbocycles. The zero-order valence-electron chi connectivity index (χ0n) is 15.8. The molecule has 0 radical (unpaired) electrons. The molecule has 1 aliphatic rings. The number of hydrogen-bond acceptors (Lipinski definition) is 3. The number of rotatable bonds is 7. The Balaban J connectivity index is 2.08. The number of hydrogen-bond donors (Lipinski definition) is 2. The summed E-state index contributed by atoms with van der Waals surface area (Å²) in [6.45, 7) is 3.70. The summed E-state index contributed by atoms with van der Waals surface area (Å²) in [4.78, 5) is 5.17. The molecule has 2 atom stereocenters. The number of aliphatic hydroxyl groups is 1. The Bertz CT molecular complexity index is 545. The summed E-state index contributed by atoms with van der Waals surface area (Å²) in [5.41, 5.74) is 0.728. The normalized spacial score (nSPS) is 21.8. The third-order valence-corrected chi connectivity index (χ3v) is 4.54. The SMILES string of the molecule is CCCOc1ccccc1[NH+]=C(O)O[C@H]1CCCCC[C@@H]1CN(C)C. The molecule has 0 saturated heterocycles. The molecule has 5 nitrogen and oxygen atoms in total. The Morgan fingerprint density at radius 1 is 1.20 bits per heavy atom. The van der Waals surface area contributed by atoms with Crippen molar-refractivity contribution in [3.8, 4) is 5.75 Å². The molecule has 1 fully saturated rings. The minimum atomic E-state index is -0.136. The van der Waals surface area contributed by atoms with Crippen LogP contribution in [0.4, 0.5) is 5.69 Å². The molecule has 2 N–H and O–H groups in total. The molecule has 0 bridgehead atoms. The van der Waals surface area contributed by atoms with Crippen LogP contribution in [-0.4, -0.2) is 49.4 Å². The maximum absolute atomic E-state index is 10.4. The van der Waals surface area contributed by atoms with Gasteiger partial charge < -0.3 is 19.5 Å². The lowest BCUT2D eigenvalue weighted by Crippen LogP contribution is -2.68. The predicted octanol–water partition coefficient (Wildman–Crippen LogP) is 2.63. The quantitative estimate of drug-likeness (QED) is 0.451. The standard InChI is InChI=1S/C20H32N2O3/c1-4-14-24-19-13-9-8-11-17(19)21-20(23)25-18-12-7-5-6-10-16(18)15-22(2)3/h8-9,11,13,16,18H,4-7,10,12,14-15H2,1-3H3,(H,21,23)/p+1/t16-,18+/m1/s1. The number of nitrogens with zero attached hydrogens (tertiary/aromatic N) is 1. The first kappa shape index (κ1) is 19.6. The first-order chi connectivity index (χ1) is 12.1. The summed E-state index contributed by atoms with van der Waals surface area (Å²) < 4.78 is 11.6. The number of para-hydroxylation sites is 2. The molecule has 0 aliphatic heterocycles. The van der Waals surface area contributed by atoms with Gasteiger partial charge in [0.2, 0.25) is 0 Å². The van der Waals surface area contributed by atoms with E-state index in [9.17, 15) is 5.11 Å². The van der Waals surface area contributed by atoms with Crippen LogP contribution in [0.2, 0.25) is 0 Å². The van der Waals surface area contributed by atoms with Gasteiger partial charge in [0.05, 0.1) is 6.61 Å². The highest BCUT2D eigenvalue weighted by atomic mass is 16.6. The van der Waals surface area contributed by atoms with Crippen LogP contribution >= 0.6 is 0 Å². The zero-order chi connectivity index (χ0) is 18.1.